The normalized spacial score (nSPS) is 26.2. The summed E-state index contributed by atoms with van der Waals surface area (Å²) in [4.78, 5) is 51.1. The van der Waals surface area contributed by atoms with Crippen LogP contribution in [-0.2, 0) is 42.9 Å². The largest absolute Gasteiger partial charge is 0.490 e. The van der Waals surface area contributed by atoms with Crippen LogP contribution < -0.4 is 11.4 Å². The van der Waals surface area contributed by atoms with Gasteiger partial charge in [-0.1, -0.05) is 0 Å². The summed E-state index contributed by atoms with van der Waals surface area (Å²) in [6.07, 6.45) is 1.30. The molecule has 0 bridgehead atoms. The van der Waals surface area contributed by atoms with Gasteiger partial charge in [-0.05, 0) is 12.5 Å². The number of aromatic nitrogens is 2. The van der Waals surface area contributed by atoms with Gasteiger partial charge in [0, 0.05) is 19.7 Å². The molecule has 30 heavy (non-hydrogen) atoms. The first-order valence-electron chi connectivity index (χ1n) is 7.99. The summed E-state index contributed by atoms with van der Waals surface area (Å²) in [6, 6.07) is 1.41. The molecule has 16 nitrogen and oxygen atoms in total. The lowest BCUT2D eigenvalue weighted by Crippen LogP contribution is -2.38. The van der Waals surface area contributed by atoms with Crippen molar-refractivity contribution in [1.29, 1.82) is 0 Å². The number of hydrogen-bond acceptors (Lipinski definition) is 11. The number of nitrogens with two attached hydrogens (primary N) is 1. The average molecular weight is 495 g/mol. The molecule has 1 fully saturated rings. The second-order valence-electron chi connectivity index (χ2n) is 6.05. The third kappa shape index (κ3) is 7.61. The molecule has 1 aliphatic heterocycles. The van der Waals surface area contributed by atoms with Gasteiger partial charge in [0.15, 0.2) is 5.79 Å². The Morgan fingerprint density at radius 2 is 1.93 bits per heavy atom. The van der Waals surface area contributed by atoms with Gasteiger partial charge in [0.1, 0.15) is 12.4 Å². The number of methoxy groups -OCH3 is 1. The molecular formula is C11H20N3O13P3. The van der Waals surface area contributed by atoms with Crippen LogP contribution in [0.25, 0.3) is 0 Å². The molecule has 1 saturated heterocycles. The first kappa shape index (κ1) is 25.3. The molecule has 3 unspecified atom stereocenters. The molecule has 1 aliphatic rings. The van der Waals surface area contributed by atoms with Gasteiger partial charge in [-0.15, -0.1) is 0 Å². The van der Waals surface area contributed by atoms with Gasteiger partial charge in [0.05, 0.1) is 12.6 Å². The molecule has 2 rings (SSSR count). The third-order valence-electron chi connectivity index (χ3n) is 3.76. The minimum absolute atomic E-state index is 0.0471. The van der Waals surface area contributed by atoms with Gasteiger partial charge in [-0.2, -0.15) is 13.6 Å². The number of phosphoric ester groups is 1. The maximum Gasteiger partial charge on any atom is 0.490 e. The van der Waals surface area contributed by atoms with E-state index in [-0.39, 0.29) is 18.8 Å². The summed E-state index contributed by atoms with van der Waals surface area (Å²) in [7, 11) is -15.3. The molecular weight excluding hydrogens is 475 g/mol. The Bertz CT molecular complexity index is 963. The van der Waals surface area contributed by atoms with Crippen LogP contribution in [0.1, 0.15) is 12.8 Å². The number of phosphoric acid groups is 3. The third-order valence-corrected chi connectivity index (χ3v) is 7.54. The Labute approximate surface area is 169 Å². The SMILES string of the molecule is CO[C@@]1(COP(=O)(O)OP(=O)(O)OP(=O)(O)O)CCC(Cn2ccc(N)nc2=O)O1. The van der Waals surface area contributed by atoms with Crippen LogP contribution in [0.5, 0.6) is 0 Å². The van der Waals surface area contributed by atoms with E-state index in [0.29, 0.717) is 6.42 Å². The van der Waals surface area contributed by atoms with Gasteiger partial charge in [-0.3, -0.25) is 9.09 Å². The highest BCUT2D eigenvalue weighted by atomic mass is 31.3. The van der Waals surface area contributed by atoms with Gasteiger partial charge < -0.3 is 34.8 Å². The second-order valence-corrected chi connectivity index (χ2v) is 10.5. The van der Waals surface area contributed by atoms with E-state index in [2.05, 4.69) is 18.1 Å². The highest BCUT2D eigenvalue weighted by molar-refractivity contribution is 7.66. The van der Waals surface area contributed by atoms with E-state index in [1.807, 2.05) is 0 Å². The molecule has 0 saturated carbocycles. The summed E-state index contributed by atoms with van der Waals surface area (Å²) in [5.74, 6) is -1.52. The molecule has 4 atom stereocenters. The van der Waals surface area contributed by atoms with Crippen LogP contribution in [0.15, 0.2) is 17.1 Å². The van der Waals surface area contributed by atoms with Gasteiger partial charge >= 0.3 is 29.2 Å². The fraction of sp³-hybridized carbons (Fsp3) is 0.636. The lowest BCUT2D eigenvalue weighted by atomic mass is 10.1. The molecule has 0 amide bonds. The first-order valence-corrected chi connectivity index (χ1v) is 12.5. The van der Waals surface area contributed by atoms with Crippen molar-refractivity contribution >= 4 is 29.3 Å². The number of rotatable bonds is 10. The minimum atomic E-state index is -5.63. The highest BCUT2D eigenvalue weighted by Gasteiger charge is 2.46. The van der Waals surface area contributed by atoms with Crippen molar-refractivity contribution in [3.8, 4) is 0 Å². The summed E-state index contributed by atoms with van der Waals surface area (Å²) in [6.45, 7) is -0.703. The maximum atomic E-state index is 11.8. The highest BCUT2D eigenvalue weighted by Crippen LogP contribution is 2.66. The van der Waals surface area contributed by atoms with Crippen molar-refractivity contribution in [3.63, 3.8) is 0 Å². The summed E-state index contributed by atoms with van der Waals surface area (Å²) < 4.78 is 57.7. The van der Waals surface area contributed by atoms with Crippen LogP contribution in [0.2, 0.25) is 0 Å². The van der Waals surface area contributed by atoms with Crippen molar-refractivity contribution in [2.75, 3.05) is 19.5 Å². The molecule has 172 valence electrons. The quantitative estimate of drug-likeness (QED) is 0.262. The molecule has 0 aliphatic carbocycles. The molecule has 1 aromatic rings. The van der Waals surface area contributed by atoms with E-state index >= 15 is 0 Å². The summed E-state index contributed by atoms with van der Waals surface area (Å²) in [5, 5.41) is 0. The van der Waals surface area contributed by atoms with Gasteiger partial charge in [0.2, 0.25) is 0 Å². The average Bonchev–Trinajstić information content (AvgIpc) is 2.96. The number of nitrogens with zero attached hydrogens (tertiary/aromatic N) is 2. The smallest absolute Gasteiger partial charge is 0.383 e. The van der Waals surface area contributed by atoms with Crippen LogP contribution in [0.4, 0.5) is 5.82 Å². The maximum absolute atomic E-state index is 11.8. The van der Waals surface area contributed by atoms with Crippen molar-refractivity contribution in [1.82, 2.24) is 9.55 Å². The van der Waals surface area contributed by atoms with E-state index < -0.39 is 47.7 Å². The zero-order valence-electron chi connectivity index (χ0n) is 15.3. The Kier molecular flexibility index (Phi) is 7.79. The van der Waals surface area contributed by atoms with Crippen molar-refractivity contribution in [2.24, 2.45) is 0 Å². The predicted octanol–water partition coefficient (Wildman–Crippen LogP) is -0.310. The molecule has 6 N–H and O–H groups in total. The Hall–Kier alpha value is -0.990. The van der Waals surface area contributed by atoms with Crippen LogP contribution in [-0.4, -0.2) is 54.7 Å². The molecule has 0 aromatic carbocycles. The molecule has 0 spiro atoms. The number of nitrogen functional groups attached to an aromatic ring is 1. The van der Waals surface area contributed by atoms with Gasteiger partial charge in [-0.25, -0.2) is 18.5 Å². The van der Waals surface area contributed by atoms with E-state index in [1.54, 1.807) is 0 Å². The van der Waals surface area contributed by atoms with Crippen LogP contribution in [0, 0.1) is 0 Å². The number of ether oxygens (including phenoxy) is 2. The molecule has 0 radical (unpaired) electrons. The lowest BCUT2D eigenvalue weighted by Gasteiger charge is -2.28. The minimum Gasteiger partial charge on any atom is -0.383 e. The predicted molar refractivity (Wildman–Crippen MR) is 96.6 cm³/mol. The zero-order chi connectivity index (χ0) is 22.8. The Morgan fingerprint density at radius 3 is 2.50 bits per heavy atom. The second kappa shape index (κ2) is 9.25. The monoisotopic (exact) mass is 495 g/mol. The summed E-state index contributed by atoms with van der Waals surface area (Å²) >= 11 is 0. The molecule has 2 heterocycles. The fourth-order valence-electron chi connectivity index (χ4n) is 2.53. The van der Waals surface area contributed by atoms with Crippen LogP contribution in [0.3, 0.4) is 0 Å². The first-order chi connectivity index (χ1) is 13.6. The Balaban J connectivity index is 1.99. The van der Waals surface area contributed by atoms with E-state index in [9.17, 15) is 23.4 Å². The lowest BCUT2D eigenvalue weighted by molar-refractivity contribution is -0.229. The van der Waals surface area contributed by atoms with Crippen molar-refractivity contribution in [3.05, 3.63) is 22.7 Å². The van der Waals surface area contributed by atoms with Crippen molar-refractivity contribution < 1.29 is 55.9 Å². The van der Waals surface area contributed by atoms with E-state index in [1.165, 1.54) is 23.9 Å². The fourth-order valence-corrected chi connectivity index (χ4v) is 5.58. The number of hydrogen-bond donors (Lipinski definition) is 5. The topological polar surface area (TPSA) is 239 Å². The molecule has 19 heteroatoms. The van der Waals surface area contributed by atoms with Gasteiger partial charge in [0.25, 0.3) is 0 Å². The number of anilines is 1. The van der Waals surface area contributed by atoms with E-state index in [4.69, 9.17) is 29.9 Å². The molecule has 1 aromatic heterocycles. The van der Waals surface area contributed by atoms with E-state index in [0.717, 1.165) is 0 Å². The van der Waals surface area contributed by atoms with Crippen LogP contribution >= 0.6 is 23.5 Å². The standard InChI is InChI=1S/C11H20N3O13P3/c1-23-11(7-24-29(19,20)27-30(21,22)26-28(16,17)18)4-2-8(25-11)6-14-5-3-9(12)13-10(14)15/h3,5,8H,2,4,6-7H2,1H3,(H,19,20)(H,21,22)(H2,12,13,15)(H2,16,17,18)/t8?,11-/m0/s1. The van der Waals surface area contributed by atoms with Crippen molar-refractivity contribution in [2.45, 2.75) is 31.3 Å². The zero-order valence-corrected chi connectivity index (χ0v) is 18.0. The summed E-state index contributed by atoms with van der Waals surface area (Å²) in [5.41, 5.74) is 4.80. The Morgan fingerprint density at radius 1 is 1.27 bits per heavy atom.